The number of hydrazone groups is 1. The summed E-state index contributed by atoms with van der Waals surface area (Å²) >= 11 is 1.54. The van der Waals surface area contributed by atoms with Crippen molar-refractivity contribution in [1.82, 2.24) is 9.55 Å². The summed E-state index contributed by atoms with van der Waals surface area (Å²) in [6.45, 7) is 2.85. The van der Waals surface area contributed by atoms with E-state index >= 15 is 0 Å². The Morgan fingerprint density at radius 1 is 1.00 bits per heavy atom. The molecule has 1 N–H and O–H groups in total. The molecule has 0 bridgehead atoms. The number of thiazole rings is 1. The topological polar surface area (TPSA) is 51.4 Å². The first-order chi connectivity index (χ1) is 16.2. The highest BCUT2D eigenvalue weighted by molar-refractivity contribution is 7.14. The van der Waals surface area contributed by atoms with Crippen molar-refractivity contribution < 1.29 is 4.74 Å². The van der Waals surface area contributed by atoms with E-state index in [4.69, 9.17) is 4.74 Å². The fourth-order valence-electron chi connectivity index (χ4n) is 3.86. The number of ether oxygens (including phenoxy) is 1. The molecule has 0 aliphatic carbocycles. The Morgan fingerprint density at radius 3 is 2.55 bits per heavy atom. The quantitative estimate of drug-likeness (QED) is 0.222. The van der Waals surface area contributed by atoms with E-state index in [0.29, 0.717) is 0 Å². The van der Waals surface area contributed by atoms with Crippen LogP contribution in [0.2, 0.25) is 0 Å². The molecule has 0 radical (unpaired) electrons. The summed E-state index contributed by atoms with van der Waals surface area (Å²) in [5.41, 5.74) is 9.60. The van der Waals surface area contributed by atoms with Crippen LogP contribution in [-0.4, -0.2) is 22.4 Å². The van der Waals surface area contributed by atoms with Gasteiger partial charge in [0.2, 0.25) is 5.13 Å². The van der Waals surface area contributed by atoms with Crippen LogP contribution in [0, 0.1) is 0 Å². The molecule has 2 aromatic heterocycles. The molecule has 2 heterocycles. The lowest BCUT2D eigenvalue weighted by molar-refractivity contribution is 0.415. The molecule has 5 aromatic rings. The minimum Gasteiger partial charge on any atom is -0.497 e. The number of benzene rings is 3. The second-order valence-corrected chi connectivity index (χ2v) is 8.61. The molecule has 6 heteroatoms. The summed E-state index contributed by atoms with van der Waals surface area (Å²) in [6.07, 6.45) is 2.18. The summed E-state index contributed by atoms with van der Waals surface area (Å²) < 4.78 is 7.51. The van der Waals surface area contributed by atoms with Crippen LogP contribution in [0.5, 0.6) is 5.75 Å². The van der Waals surface area contributed by atoms with Crippen molar-refractivity contribution in [2.75, 3.05) is 12.5 Å². The van der Waals surface area contributed by atoms with Gasteiger partial charge < -0.3 is 9.30 Å². The van der Waals surface area contributed by atoms with E-state index in [9.17, 15) is 0 Å². The first kappa shape index (κ1) is 21.0. The minimum absolute atomic E-state index is 0.758. The van der Waals surface area contributed by atoms with Crippen LogP contribution in [0.1, 0.15) is 18.1 Å². The number of methoxy groups -OCH3 is 1. The third kappa shape index (κ3) is 4.52. The van der Waals surface area contributed by atoms with Crippen molar-refractivity contribution in [3.05, 3.63) is 102 Å². The highest BCUT2D eigenvalue weighted by Crippen LogP contribution is 2.27. The number of anilines is 1. The molecule has 0 saturated carbocycles. The van der Waals surface area contributed by atoms with Crippen LogP contribution < -0.4 is 10.2 Å². The van der Waals surface area contributed by atoms with Gasteiger partial charge in [0.25, 0.3) is 0 Å². The molecule has 0 aliphatic rings. The minimum atomic E-state index is 0.758. The zero-order valence-electron chi connectivity index (χ0n) is 18.5. The predicted molar refractivity (Wildman–Crippen MR) is 137 cm³/mol. The molecule has 0 spiro atoms. The van der Waals surface area contributed by atoms with Crippen molar-refractivity contribution in [2.24, 2.45) is 5.10 Å². The fraction of sp³-hybridized carbons (Fsp3) is 0.111. The van der Waals surface area contributed by atoms with Crippen LogP contribution in [0.15, 0.2) is 95.5 Å². The van der Waals surface area contributed by atoms with Crippen molar-refractivity contribution in [1.29, 1.82) is 0 Å². The van der Waals surface area contributed by atoms with Gasteiger partial charge in [-0.25, -0.2) is 4.98 Å². The van der Waals surface area contributed by atoms with Gasteiger partial charge in [-0.3, -0.25) is 5.43 Å². The smallest absolute Gasteiger partial charge is 0.203 e. The Kier molecular flexibility index (Phi) is 5.91. The van der Waals surface area contributed by atoms with Crippen LogP contribution in [0.25, 0.3) is 22.2 Å². The maximum absolute atomic E-state index is 5.23. The van der Waals surface area contributed by atoms with Crippen LogP contribution in [0.4, 0.5) is 5.13 Å². The molecule has 0 atom stereocenters. The molecular weight excluding hydrogens is 428 g/mol. The van der Waals surface area contributed by atoms with E-state index in [0.717, 1.165) is 40.0 Å². The number of rotatable bonds is 7. The van der Waals surface area contributed by atoms with Gasteiger partial charge in [-0.2, -0.15) is 5.10 Å². The zero-order chi connectivity index (χ0) is 22.6. The third-order valence-corrected chi connectivity index (χ3v) is 6.33. The van der Waals surface area contributed by atoms with Crippen LogP contribution in [0.3, 0.4) is 0 Å². The third-order valence-electron chi connectivity index (χ3n) is 5.58. The summed E-state index contributed by atoms with van der Waals surface area (Å²) in [5, 5.41) is 8.63. The lowest BCUT2D eigenvalue weighted by Crippen LogP contribution is -2.00. The number of para-hydroxylation sites is 1. The Hall–Kier alpha value is -3.90. The second-order valence-electron chi connectivity index (χ2n) is 7.75. The molecule has 0 amide bonds. The summed E-state index contributed by atoms with van der Waals surface area (Å²) in [6, 6.07) is 26.9. The summed E-state index contributed by atoms with van der Waals surface area (Å²) in [4.78, 5) is 4.68. The largest absolute Gasteiger partial charge is 0.497 e. The highest BCUT2D eigenvalue weighted by atomic mass is 32.1. The SMILES string of the molecule is COc1ccc(-c2csc(N/N=C(\C)c3cn(Cc4ccccc4)c4ccccc34)n2)cc1. The molecule has 0 unspecified atom stereocenters. The van der Waals surface area contributed by atoms with Crippen molar-refractivity contribution in [3.63, 3.8) is 0 Å². The van der Waals surface area contributed by atoms with E-state index in [1.165, 1.54) is 27.8 Å². The molecular formula is C27H24N4OS. The average molecular weight is 453 g/mol. The molecule has 33 heavy (non-hydrogen) atoms. The van der Waals surface area contributed by atoms with E-state index in [2.05, 4.69) is 74.8 Å². The lowest BCUT2D eigenvalue weighted by atomic mass is 10.1. The van der Waals surface area contributed by atoms with Gasteiger partial charge in [0.05, 0.1) is 18.5 Å². The number of hydrogen-bond acceptors (Lipinski definition) is 5. The molecule has 0 fully saturated rings. The number of aromatic nitrogens is 2. The van der Waals surface area contributed by atoms with Crippen LogP contribution in [-0.2, 0) is 6.54 Å². The molecule has 0 saturated heterocycles. The van der Waals surface area contributed by atoms with Crippen LogP contribution >= 0.6 is 11.3 Å². The van der Waals surface area contributed by atoms with E-state index in [-0.39, 0.29) is 0 Å². The van der Waals surface area contributed by atoms with Crippen molar-refractivity contribution in [3.8, 4) is 17.0 Å². The Morgan fingerprint density at radius 2 is 1.76 bits per heavy atom. The maximum atomic E-state index is 5.23. The Balaban J connectivity index is 1.38. The van der Waals surface area contributed by atoms with Crippen molar-refractivity contribution in [2.45, 2.75) is 13.5 Å². The summed E-state index contributed by atoms with van der Waals surface area (Å²) in [7, 11) is 1.67. The predicted octanol–water partition coefficient (Wildman–Crippen LogP) is 6.66. The lowest BCUT2D eigenvalue weighted by Gasteiger charge is -2.05. The van der Waals surface area contributed by atoms with E-state index < -0.39 is 0 Å². The van der Waals surface area contributed by atoms with Gasteiger partial charge in [0.1, 0.15) is 5.75 Å². The summed E-state index contributed by atoms with van der Waals surface area (Å²) in [5.74, 6) is 0.832. The van der Waals surface area contributed by atoms with Gasteiger partial charge in [0.15, 0.2) is 0 Å². The van der Waals surface area contributed by atoms with E-state index in [1.807, 2.05) is 42.6 Å². The fourth-order valence-corrected chi connectivity index (χ4v) is 4.52. The number of nitrogens with one attached hydrogen (secondary N) is 1. The second kappa shape index (κ2) is 9.30. The van der Waals surface area contributed by atoms with Crippen molar-refractivity contribution >= 4 is 33.1 Å². The molecule has 3 aromatic carbocycles. The highest BCUT2D eigenvalue weighted by Gasteiger charge is 2.11. The molecule has 5 nitrogen and oxygen atoms in total. The number of nitrogens with zero attached hydrogens (tertiary/aromatic N) is 3. The van der Waals surface area contributed by atoms with Gasteiger partial charge in [-0.1, -0.05) is 48.5 Å². The molecule has 164 valence electrons. The number of fused-ring (bicyclic) bond motifs is 1. The normalized spacial score (nSPS) is 11.6. The van der Waals surface area contributed by atoms with Gasteiger partial charge in [-0.15, -0.1) is 11.3 Å². The Bertz CT molecular complexity index is 1400. The van der Waals surface area contributed by atoms with Gasteiger partial charge in [-0.05, 0) is 42.8 Å². The first-order valence-corrected chi connectivity index (χ1v) is 11.6. The van der Waals surface area contributed by atoms with Gasteiger partial charge in [0, 0.05) is 40.2 Å². The standard InChI is InChI=1S/C27H24N4OS/c1-19(29-30-27-28-25(18-33-27)21-12-14-22(32-2)15-13-21)24-17-31(16-20-8-4-3-5-9-20)26-11-7-6-10-23(24)26/h3-15,17-18H,16H2,1-2H3,(H,28,30)/b29-19+. The van der Waals surface area contributed by atoms with Gasteiger partial charge >= 0.3 is 0 Å². The zero-order valence-corrected chi connectivity index (χ0v) is 19.3. The molecule has 0 aliphatic heterocycles. The first-order valence-electron chi connectivity index (χ1n) is 10.7. The number of hydrogen-bond donors (Lipinski definition) is 1. The van der Waals surface area contributed by atoms with E-state index in [1.54, 1.807) is 7.11 Å². The monoisotopic (exact) mass is 452 g/mol. The average Bonchev–Trinajstić information content (AvgIpc) is 3.49. The maximum Gasteiger partial charge on any atom is 0.203 e. The Labute approximate surface area is 197 Å². The molecule has 5 rings (SSSR count).